The lowest BCUT2D eigenvalue weighted by atomic mass is 9.95. The fourth-order valence-electron chi connectivity index (χ4n) is 4.23. The van der Waals surface area contributed by atoms with Gasteiger partial charge in [0.05, 0.1) is 12.2 Å². The minimum absolute atomic E-state index is 0.455. The zero-order valence-corrected chi connectivity index (χ0v) is 17.9. The van der Waals surface area contributed by atoms with Gasteiger partial charge in [-0.1, -0.05) is 54.6 Å². The molecule has 0 saturated heterocycles. The Kier molecular flexibility index (Phi) is 4.86. The summed E-state index contributed by atoms with van der Waals surface area (Å²) in [7, 11) is 0. The molecule has 1 aliphatic heterocycles. The zero-order valence-electron chi connectivity index (χ0n) is 17.9. The molecule has 160 valence electrons. The first kappa shape index (κ1) is 19.8. The third kappa shape index (κ3) is 3.28. The van der Waals surface area contributed by atoms with E-state index in [9.17, 15) is 4.79 Å². The smallest absolute Gasteiger partial charge is 0.248 e. The monoisotopic (exact) mass is 425 g/mol. The second-order valence-corrected chi connectivity index (χ2v) is 7.66. The number of benzene rings is 3. The maximum Gasteiger partial charge on any atom is 0.248 e. The van der Waals surface area contributed by atoms with Crippen LogP contribution in [0.4, 0.5) is 5.95 Å². The Morgan fingerprint density at radius 3 is 2.59 bits per heavy atom. The Morgan fingerprint density at radius 1 is 1.09 bits per heavy atom. The van der Waals surface area contributed by atoms with Crippen molar-refractivity contribution < 1.29 is 9.53 Å². The highest BCUT2D eigenvalue weighted by atomic mass is 16.5. The Labute approximate surface area is 185 Å². The molecule has 3 aromatic carbocycles. The van der Waals surface area contributed by atoms with E-state index in [1.165, 1.54) is 0 Å². The predicted molar refractivity (Wildman–Crippen MR) is 124 cm³/mol. The Hall–Kier alpha value is -4.13. The van der Waals surface area contributed by atoms with Crippen LogP contribution in [0.25, 0.3) is 22.2 Å². The van der Waals surface area contributed by atoms with Gasteiger partial charge < -0.3 is 15.8 Å². The number of hydrogen-bond acceptors (Lipinski definition) is 5. The number of primary amides is 1. The van der Waals surface area contributed by atoms with Gasteiger partial charge in [-0.2, -0.15) is 4.98 Å². The van der Waals surface area contributed by atoms with E-state index in [-0.39, 0.29) is 0 Å². The lowest BCUT2D eigenvalue weighted by Gasteiger charge is -2.27. The fraction of sp³-hybridized carbons (Fsp3) is 0.160. The molecule has 0 saturated carbocycles. The highest BCUT2D eigenvalue weighted by Crippen LogP contribution is 2.37. The first-order valence-electron chi connectivity index (χ1n) is 10.5. The quantitative estimate of drug-likeness (QED) is 0.498. The van der Waals surface area contributed by atoms with Crippen molar-refractivity contribution in [2.45, 2.75) is 19.9 Å². The van der Waals surface area contributed by atoms with Crippen LogP contribution in [0.5, 0.6) is 5.75 Å². The van der Waals surface area contributed by atoms with Crippen molar-refractivity contribution in [1.82, 2.24) is 14.8 Å². The van der Waals surface area contributed by atoms with Gasteiger partial charge in [-0.3, -0.25) is 4.79 Å². The van der Waals surface area contributed by atoms with Gasteiger partial charge in [0.1, 0.15) is 11.8 Å². The Balaban J connectivity index is 1.66. The molecule has 32 heavy (non-hydrogen) atoms. The van der Waals surface area contributed by atoms with Crippen molar-refractivity contribution in [3.63, 3.8) is 0 Å². The molecule has 1 aliphatic rings. The molecule has 3 N–H and O–H groups in total. The van der Waals surface area contributed by atoms with Crippen LogP contribution in [-0.4, -0.2) is 27.3 Å². The summed E-state index contributed by atoms with van der Waals surface area (Å²) in [5, 5.41) is 10.2. The number of nitrogens with zero attached hydrogens (tertiary/aromatic N) is 3. The molecule has 4 aromatic rings. The second-order valence-electron chi connectivity index (χ2n) is 7.66. The third-order valence-corrected chi connectivity index (χ3v) is 5.66. The third-order valence-electron chi connectivity index (χ3n) is 5.66. The second kappa shape index (κ2) is 7.85. The maximum atomic E-state index is 12.4. The molecular weight excluding hydrogens is 402 g/mol. The highest BCUT2D eigenvalue weighted by Gasteiger charge is 2.33. The van der Waals surface area contributed by atoms with Crippen LogP contribution in [0.3, 0.4) is 0 Å². The molecule has 0 aliphatic carbocycles. The standard InChI is InChI=1S/C25H23N5O2/c1-3-32-18-13-11-17(12-14-18)22-21(23(26)31)15(2)27-25-28-24(29-30(22)25)20-10-6-8-16-7-4-5-9-19(16)20/h4-14,22H,3H2,1-2H3,(H2,26,31)(H,27,28,29). The molecule has 5 rings (SSSR count). The van der Waals surface area contributed by atoms with E-state index in [4.69, 9.17) is 20.6 Å². The van der Waals surface area contributed by atoms with Crippen LogP contribution >= 0.6 is 0 Å². The zero-order chi connectivity index (χ0) is 22.2. The fourth-order valence-corrected chi connectivity index (χ4v) is 4.23. The maximum absolute atomic E-state index is 12.4. The molecule has 0 fully saturated rings. The molecule has 1 unspecified atom stereocenters. The van der Waals surface area contributed by atoms with Gasteiger partial charge in [0.15, 0.2) is 5.82 Å². The molecule has 1 aromatic heterocycles. The van der Waals surface area contributed by atoms with Gasteiger partial charge in [-0.25, -0.2) is 4.68 Å². The number of amides is 1. The molecule has 7 nitrogen and oxygen atoms in total. The number of allylic oxidation sites excluding steroid dienone is 1. The first-order chi connectivity index (χ1) is 15.6. The van der Waals surface area contributed by atoms with Crippen LogP contribution in [0.2, 0.25) is 0 Å². The highest BCUT2D eigenvalue weighted by molar-refractivity contribution is 5.96. The van der Waals surface area contributed by atoms with Gasteiger partial charge in [0, 0.05) is 11.3 Å². The Bertz CT molecular complexity index is 1350. The minimum Gasteiger partial charge on any atom is -0.494 e. The average molecular weight is 425 g/mol. The van der Waals surface area contributed by atoms with Crippen molar-refractivity contribution in [3.8, 4) is 17.1 Å². The summed E-state index contributed by atoms with van der Waals surface area (Å²) in [4.78, 5) is 17.2. The number of nitrogens with two attached hydrogens (primary N) is 1. The predicted octanol–water partition coefficient (Wildman–Crippen LogP) is 4.27. The molecular formula is C25H23N5O2. The molecule has 0 radical (unpaired) electrons. The van der Waals surface area contributed by atoms with Crippen LogP contribution in [0.1, 0.15) is 25.5 Å². The average Bonchev–Trinajstić information content (AvgIpc) is 3.21. The van der Waals surface area contributed by atoms with E-state index >= 15 is 0 Å². The summed E-state index contributed by atoms with van der Waals surface area (Å²) in [6, 6.07) is 21.3. The van der Waals surface area contributed by atoms with Gasteiger partial charge in [-0.15, -0.1) is 5.10 Å². The molecule has 1 atom stereocenters. The lowest BCUT2D eigenvalue weighted by Crippen LogP contribution is -2.31. The normalized spacial score (nSPS) is 15.4. The summed E-state index contributed by atoms with van der Waals surface area (Å²) in [5.41, 5.74) is 8.71. The topological polar surface area (TPSA) is 95.1 Å². The lowest BCUT2D eigenvalue weighted by molar-refractivity contribution is -0.115. The number of carbonyl (C=O) groups is 1. The van der Waals surface area contributed by atoms with Crippen molar-refractivity contribution in [3.05, 3.63) is 83.6 Å². The SMILES string of the molecule is CCOc1ccc(C2C(C(N)=O)=C(C)Nc3nc(-c4cccc5ccccc45)nn32)cc1. The summed E-state index contributed by atoms with van der Waals surface area (Å²) >= 11 is 0. The number of aromatic nitrogens is 3. The van der Waals surface area contributed by atoms with Gasteiger partial charge in [0.25, 0.3) is 0 Å². The van der Waals surface area contributed by atoms with Gasteiger partial charge >= 0.3 is 0 Å². The summed E-state index contributed by atoms with van der Waals surface area (Å²) in [6.45, 7) is 4.35. The molecule has 0 bridgehead atoms. The first-order valence-corrected chi connectivity index (χ1v) is 10.5. The van der Waals surface area contributed by atoms with Crippen molar-refractivity contribution >= 4 is 22.6 Å². The number of rotatable bonds is 5. The number of carbonyl (C=O) groups excluding carboxylic acids is 1. The number of fused-ring (bicyclic) bond motifs is 2. The number of ether oxygens (including phenoxy) is 1. The largest absolute Gasteiger partial charge is 0.494 e. The van der Waals surface area contributed by atoms with E-state index in [0.29, 0.717) is 29.6 Å². The number of hydrogen-bond donors (Lipinski definition) is 2. The van der Waals surface area contributed by atoms with Crippen LogP contribution < -0.4 is 15.8 Å². The summed E-state index contributed by atoms with van der Waals surface area (Å²) in [5.74, 6) is 1.41. The van der Waals surface area contributed by atoms with Crippen molar-refractivity contribution in [2.24, 2.45) is 5.73 Å². The Morgan fingerprint density at radius 2 is 1.84 bits per heavy atom. The minimum atomic E-state index is -0.498. The van der Waals surface area contributed by atoms with Crippen molar-refractivity contribution in [1.29, 1.82) is 0 Å². The van der Waals surface area contributed by atoms with Crippen LogP contribution in [0, 0.1) is 0 Å². The van der Waals surface area contributed by atoms with Crippen molar-refractivity contribution in [2.75, 3.05) is 11.9 Å². The van der Waals surface area contributed by atoms with Gasteiger partial charge in [0.2, 0.25) is 11.9 Å². The van der Waals surface area contributed by atoms with E-state index in [0.717, 1.165) is 27.6 Å². The summed E-state index contributed by atoms with van der Waals surface area (Å²) < 4.78 is 7.30. The number of anilines is 1. The van der Waals surface area contributed by atoms with E-state index in [2.05, 4.69) is 23.5 Å². The van der Waals surface area contributed by atoms with Gasteiger partial charge in [-0.05, 0) is 42.3 Å². The van der Waals surface area contributed by atoms with E-state index in [1.807, 2.05) is 62.4 Å². The van der Waals surface area contributed by atoms with E-state index in [1.54, 1.807) is 4.68 Å². The molecule has 2 heterocycles. The number of nitrogens with one attached hydrogen (secondary N) is 1. The van der Waals surface area contributed by atoms with Crippen LogP contribution in [0.15, 0.2) is 78.0 Å². The summed E-state index contributed by atoms with van der Waals surface area (Å²) in [6.07, 6.45) is 0. The molecule has 7 heteroatoms. The molecule has 0 spiro atoms. The van der Waals surface area contributed by atoms with E-state index < -0.39 is 11.9 Å². The van der Waals surface area contributed by atoms with Crippen LogP contribution in [-0.2, 0) is 4.79 Å². The molecule has 1 amide bonds.